The monoisotopic (exact) mass is 328 g/mol. The molecule has 1 aromatic carbocycles. The summed E-state index contributed by atoms with van der Waals surface area (Å²) in [6.45, 7) is 5.12. The summed E-state index contributed by atoms with van der Waals surface area (Å²) in [6, 6.07) is 12.9. The Hall–Kier alpha value is -1.78. The van der Waals surface area contributed by atoms with Gasteiger partial charge in [-0.2, -0.15) is 0 Å². The highest BCUT2D eigenvalue weighted by molar-refractivity contribution is 5.51. The van der Waals surface area contributed by atoms with Crippen LogP contribution in [0, 0.1) is 0 Å². The van der Waals surface area contributed by atoms with Crippen LogP contribution in [0.3, 0.4) is 0 Å². The number of piperidine rings is 1. The SMILES string of the molecule is CC(CCc1ccco1)Nc1ccccc1CN1CCC(O)CC1. The van der Waals surface area contributed by atoms with E-state index >= 15 is 0 Å². The summed E-state index contributed by atoms with van der Waals surface area (Å²) in [5.41, 5.74) is 2.55. The van der Waals surface area contributed by atoms with E-state index in [9.17, 15) is 5.11 Å². The van der Waals surface area contributed by atoms with E-state index in [0.717, 1.165) is 51.1 Å². The largest absolute Gasteiger partial charge is 0.469 e. The van der Waals surface area contributed by atoms with Gasteiger partial charge in [-0.05, 0) is 49.9 Å². The van der Waals surface area contributed by atoms with E-state index in [1.165, 1.54) is 11.3 Å². The number of likely N-dealkylation sites (tertiary alicyclic amines) is 1. The van der Waals surface area contributed by atoms with Crippen molar-refractivity contribution in [1.29, 1.82) is 0 Å². The third kappa shape index (κ3) is 4.86. The van der Waals surface area contributed by atoms with Gasteiger partial charge in [0.2, 0.25) is 0 Å². The lowest BCUT2D eigenvalue weighted by molar-refractivity contribution is 0.0793. The summed E-state index contributed by atoms with van der Waals surface area (Å²) in [5, 5.41) is 13.3. The topological polar surface area (TPSA) is 48.6 Å². The third-order valence-electron chi connectivity index (χ3n) is 4.77. The first-order chi connectivity index (χ1) is 11.7. The van der Waals surface area contributed by atoms with E-state index in [0.29, 0.717) is 6.04 Å². The maximum atomic E-state index is 9.66. The molecule has 1 saturated heterocycles. The molecule has 2 N–H and O–H groups in total. The number of aliphatic hydroxyl groups excluding tert-OH is 1. The van der Waals surface area contributed by atoms with Crippen LogP contribution in [0.1, 0.15) is 37.5 Å². The van der Waals surface area contributed by atoms with Gasteiger partial charge >= 0.3 is 0 Å². The lowest BCUT2D eigenvalue weighted by Crippen LogP contribution is -2.35. The quantitative estimate of drug-likeness (QED) is 0.814. The summed E-state index contributed by atoms with van der Waals surface area (Å²) in [7, 11) is 0. The van der Waals surface area contributed by atoms with Crippen molar-refractivity contribution in [2.75, 3.05) is 18.4 Å². The molecule has 1 atom stereocenters. The highest BCUT2D eigenvalue weighted by Gasteiger charge is 2.18. The minimum atomic E-state index is -0.115. The average Bonchev–Trinajstić information content (AvgIpc) is 3.10. The van der Waals surface area contributed by atoms with Crippen LogP contribution in [-0.4, -0.2) is 35.2 Å². The molecular formula is C20H28N2O2. The molecule has 3 rings (SSSR count). The second kappa shape index (κ2) is 8.36. The van der Waals surface area contributed by atoms with Gasteiger partial charge in [0.05, 0.1) is 12.4 Å². The first-order valence-corrected chi connectivity index (χ1v) is 8.98. The minimum absolute atomic E-state index is 0.115. The van der Waals surface area contributed by atoms with Gasteiger partial charge in [-0.25, -0.2) is 0 Å². The van der Waals surface area contributed by atoms with Gasteiger partial charge in [-0.1, -0.05) is 18.2 Å². The molecule has 0 spiro atoms. The van der Waals surface area contributed by atoms with Gasteiger partial charge in [0.1, 0.15) is 5.76 Å². The van der Waals surface area contributed by atoms with Crippen molar-refractivity contribution in [3.8, 4) is 0 Å². The second-order valence-corrected chi connectivity index (χ2v) is 6.83. The number of hydrogen-bond donors (Lipinski definition) is 2. The average molecular weight is 328 g/mol. The van der Waals surface area contributed by atoms with Crippen LogP contribution in [0.5, 0.6) is 0 Å². The Balaban J connectivity index is 1.55. The molecule has 0 radical (unpaired) electrons. The Kier molecular flexibility index (Phi) is 5.94. The molecule has 4 nitrogen and oxygen atoms in total. The van der Waals surface area contributed by atoms with Gasteiger partial charge in [-0.3, -0.25) is 4.90 Å². The first-order valence-electron chi connectivity index (χ1n) is 8.98. The number of furan rings is 1. The molecule has 1 aliphatic rings. The summed E-state index contributed by atoms with van der Waals surface area (Å²) in [5.74, 6) is 1.05. The number of anilines is 1. The van der Waals surface area contributed by atoms with E-state index in [4.69, 9.17) is 4.42 Å². The molecule has 130 valence electrons. The fourth-order valence-corrected chi connectivity index (χ4v) is 3.27. The number of nitrogens with zero attached hydrogens (tertiary/aromatic N) is 1. The maximum Gasteiger partial charge on any atom is 0.103 e. The van der Waals surface area contributed by atoms with Crippen LogP contribution in [0.15, 0.2) is 47.1 Å². The third-order valence-corrected chi connectivity index (χ3v) is 4.77. The lowest BCUT2D eigenvalue weighted by Gasteiger charge is -2.30. The van der Waals surface area contributed by atoms with E-state index < -0.39 is 0 Å². The van der Waals surface area contributed by atoms with Crippen molar-refractivity contribution in [3.05, 3.63) is 54.0 Å². The Bertz CT molecular complexity index is 604. The molecule has 0 aliphatic carbocycles. The fourth-order valence-electron chi connectivity index (χ4n) is 3.27. The predicted octanol–water partition coefficient (Wildman–Crippen LogP) is 3.67. The van der Waals surface area contributed by atoms with Crippen LogP contribution in [0.4, 0.5) is 5.69 Å². The Morgan fingerprint density at radius 2 is 2.00 bits per heavy atom. The molecule has 0 bridgehead atoms. The molecule has 1 fully saturated rings. The predicted molar refractivity (Wildman–Crippen MR) is 97.1 cm³/mol. The molecule has 2 heterocycles. The Morgan fingerprint density at radius 3 is 2.75 bits per heavy atom. The molecule has 0 amide bonds. The number of aliphatic hydroxyl groups is 1. The zero-order valence-corrected chi connectivity index (χ0v) is 14.4. The van der Waals surface area contributed by atoms with Gasteiger partial charge in [0.15, 0.2) is 0 Å². The highest BCUT2D eigenvalue weighted by Crippen LogP contribution is 2.21. The Morgan fingerprint density at radius 1 is 1.21 bits per heavy atom. The van der Waals surface area contributed by atoms with E-state index in [-0.39, 0.29) is 6.10 Å². The summed E-state index contributed by atoms with van der Waals surface area (Å²) in [4.78, 5) is 2.43. The molecule has 1 aromatic heterocycles. The number of para-hydroxylation sites is 1. The van der Waals surface area contributed by atoms with Crippen molar-refractivity contribution in [3.63, 3.8) is 0 Å². The van der Waals surface area contributed by atoms with E-state index in [2.05, 4.69) is 41.4 Å². The summed E-state index contributed by atoms with van der Waals surface area (Å²) < 4.78 is 5.41. The van der Waals surface area contributed by atoms with E-state index in [1.807, 2.05) is 12.1 Å². The number of rotatable bonds is 7. The van der Waals surface area contributed by atoms with Crippen LogP contribution < -0.4 is 5.32 Å². The van der Waals surface area contributed by atoms with Crippen molar-refractivity contribution < 1.29 is 9.52 Å². The van der Waals surface area contributed by atoms with Crippen molar-refractivity contribution >= 4 is 5.69 Å². The van der Waals surface area contributed by atoms with Gasteiger partial charge in [-0.15, -0.1) is 0 Å². The number of nitrogens with one attached hydrogen (secondary N) is 1. The van der Waals surface area contributed by atoms with E-state index in [1.54, 1.807) is 6.26 Å². The number of hydrogen-bond acceptors (Lipinski definition) is 4. The number of aryl methyl sites for hydroxylation is 1. The highest BCUT2D eigenvalue weighted by atomic mass is 16.3. The van der Waals surface area contributed by atoms with Crippen LogP contribution in [-0.2, 0) is 13.0 Å². The number of benzene rings is 1. The van der Waals surface area contributed by atoms with Crippen LogP contribution >= 0.6 is 0 Å². The standard InChI is InChI=1S/C20H28N2O2/c1-16(8-9-19-6-4-14-24-19)21-20-7-3-2-5-17(20)15-22-12-10-18(23)11-13-22/h2-7,14,16,18,21,23H,8-13,15H2,1H3. The molecule has 24 heavy (non-hydrogen) atoms. The normalized spacial score (nSPS) is 17.8. The minimum Gasteiger partial charge on any atom is -0.469 e. The lowest BCUT2D eigenvalue weighted by atomic mass is 10.1. The zero-order chi connectivity index (χ0) is 16.8. The fraction of sp³-hybridized carbons (Fsp3) is 0.500. The molecule has 2 aromatic rings. The molecule has 1 unspecified atom stereocenters. The Labute approximate surface area is 144 Å². The van der Waals surface area contributed by atoms with Gasteiger partial charge in [0, 0.05) is 37.8 Å². The van der Waals surface area contributed by atoms with Gasteiger partial charge in [0.25, 0.3) is 0 Å². The van der Waals surface area contributed by atoms with Crippen molar-refractivity contribution in [2.24, 2.45) is 0 Å². The molecule has 1 aliphatic heterocycles. The molecular weight excluding hydrogens is 300 g/mol. The molecule has 4 heteroatoms. The zero-order valence-electron chi connectivity index (χ0n) is 14.4. The van der Waals surface area contributed by atoms with Crippen molar-refractivity contribution in [1.82, 2.24) is 4.90 Å². The summed E-state index contributed by atoms with van der Waals surface area (Å²) >= 11 is 0. The second-order valence-electron chi connectivity index (χ2n) is 6.83. The molecule has 0 saturated carbocycles. The van der Waals surface area contributed by atoms with Crippen LogP contribution in [0.2, 0.25) is 0 Å². The van der Waals surface area contributed by atoms with Crippen LogP contribution in [0.25, 0.3) is 0 Å². The summed E-state index contributed by atoms with van der Waals surface area (Å²) in [6.07, 6.45) is 5.38. The smallest absolute Gasteiger partial charge is 0.103 e. The maximum absolute atomic E-state index is 9.66. The van der Waals surface area contributed by atoms with Gasteiger partial charge < -0.3 is 14.8 Å². The first kappa shape index (κ1) is 17.1. The van der Waals surface area contributed by atoms with Crippen molar-refractivity contribution in [2.45, 2.75) is 51.3 Å².